The highest BCUT2D eigenvalue weighted by molar-refractivity contribution is 7.92. The molecule has 1 aliphatic carbocycles. The lowest BCUT2D eigenvalue weighted by atomic mass is 9.92. The van der Waals surface area contributed by atoms with E-state index in [4.69, 9.17) is 23.3 Å². The lowest BCUT2D eigenvalue weighted by Gasteiger charge is -2.21. The second-order valence-corrected chi connectivity index (χ2v) is 13.4. The fourth-order valence-corrected chi connectivity index (χ4v) is 6.52. The third-order valence-electron chi connectivity index (χ3n) is 8.50. The molecule has 2 atom stereocenters. The molecular weight excluding hydrogens is 637 g/mol. The number of benzene rings is 3. The fraction of sp³-hybridized carbons (Fsp3) is 0.167. The molecule has 0 radical (unpaired) electrons. The van der Waals surface area contributed by atoms with Crippen LogP contribution >= 0.6 is 0 Å². The van der Waals surface area contributed by atoms with E-state index < -0.39 is 21.7 Å². The molecule has 0 saturated heterocycles. The van der Waals surface area contributed by atoms with Gasteiger partial charge in [-0.25, -0.2) is 17.8 Å². The number of halogens is 1. The van der Waals surface area contributed by atoms with Gasteiger partial charge in [0, 0.05) is 36.7 Å². The van der Waals surface area contributed by atoms with E-state index in [2.05, 4.69) is 5.32 Å². The van der Waals surface area contributed by atoms with Gasteiger partial charge in [0.25, 0.3) is 5.91 Å². The van der Waals surface area contributed by atoms with E-state index in [1.54, 1.807) is 37.6 Å². The van der Waals surface area contributed by atoms with Gasteiger partial charge in [-0.1, -0.05) is 18.2 Å². The van der Waals surface area contributed by atoms with E-state index in [0.29, 0.717) is 50.7 Å². The highest BCUT2D eigenvalue weighted by Crippen LogP contribution is 2.43. The molecule has 1 N–H and O–H groups in total. The van der Waals surface area contributed by atoms with Crippen molar-refractivity contribution in [2.24, 2.45) is 4.99 Å². The third kappa shape index (κ3) is 5.33. The Morgan fingerprint density at radius 3 is 2.50 bits per heavy atom. The van der Waals surface area contributed by atoms with Crippen LogP contribution in [0.5, 0.6) is 5.75 Å². The predicted molar refractivity (Wildman–Crippen MR) is 180 cm³/mol. The van der Waals surface area contributed by atoms with Crippen molar-refractivity contribution in [3.05, 3.63) is 120 Å². The normalized spacial score (nSPS) is 17.0. The molecule has 1 aliphatic heterocycles. The number of furan rings is 2. The molecule has 7 rings (SSSR count). The number of hydrogen-bond acceptors (Lipinski definition) is 8. The molecule has 12 heteroatoms. The average Bonchev–Trinajstić information content (AvgIpc) is 3.85. The number of carbonyl (C=O) groups is 1. The van der Waals surface area contributed by atoms with Gasteiger partial charge in [-0.05, 0) is 66.2 Å². The molecule has 2 aromatic heterocycles. The van der Waals surface area contributed by atoms with Crippen molar-refractivity contribution in [2.45, 2.75) is 12.0 Å². The van der Waals surface area contributed by atoms with Gasteiger partial charge in [0.2, 0.25) is 15.9 Å². The number of amides is 1. The Labute approximate surface area is 275 Å². The Balaban J connectivity index is 1.42. The number of aliphatic imine (C=N–C) groups is 1. The molecule has 0 spiro atoms. The summed E-state index contributed by atoms with van der Waals surface area (Å²) in [5.74, 6) is 1.42. The van der Waals surface area contributed by atoms with Crippen LogP contribution in [-0.4, -0.2) is 53.7 Å². The molecule has 10 nitrogen and oxygen atoms in total. The summed E-state index contributed by atoms with van der Waals surface area (Å²) in [6.45, 7) is 0. The van der Waals surface area contributed by atoms with Crippen molar-refractivity contribution in [1.82, 2.24) is 5.32 Å². The van der Waals surface area contributed by atoms with Crippen LogP contribution in [0.2, 0.25) is 0 Å². The number of nitrogens with zero attached hydrogens (tertiary/aromatic N) is 2. The standard InChI is InChI=1S/C36H30FN3O7S/c1-38-35(41)32-25-18-24(27(40(2)48(4,42)43)19-31(25)46-34(32)20-10-13-22(37)14-11-20)21-12-15-28(44-3)26(17-21)36-39-33-23(29-9-6-16-45-29)7-5-8-30(33)47-36/h5-19,23,33H,1-4H3,(H,38,41). The summed E-state index contributed by atoms with van der Waals surface area (Å²) < 4.78 is 64.6. The first-order valence-corrected chi connectivity index (χ1v) is 16.8. The number of allylic oxidation sites excluding steroid dienone is 2. The molecule has 244 valence electrons. The summed E-state index contributed by atoms with van der Waals surface area (Å²) in [7, 11) is 0.740. The number of sulfonamides is 1. The number of methoxy groups -OCH3 is 1. The maximum Gasteiger partial charge on any atom is 0.255 e. The number of hydrogen-bond donors (Lipinski definition) is 1. The molecule has 0 saturated carbocycles. The van der Waals surface area contributed by atoms with Crippen molar-refractivity contribution < 1.29 is 35.9 Å². The third-order valence-corrected chi connectivity index (χ3v) is 9.69. The minimum Gasteiger partial charge on any atom is -0.496 e. The monoisotopic (exact) mass is 667 g/mol. The number of anilines is 1. The highest BCUT2D eigenvalue weighted by atomic mass is 32.2. The largest absolute Gasteiger partial charge is 0.496 e. The van der Waals surface area contributed by atoms with Gasteiger partial charge in [0.15, 0.2) is 0 Å². The molecule has 48 heavy (non-hydrogen) atoms. The predicted octanol–water partition coefficient (Wildman–Crippen LogP) is 6.65. The number of fused-ring (bicyclic) bond motifs is 2. The number of carbonyl (C=O) groups excluding carboxylic acids is 1. The van der Waals surface area contributed by atoms with Crippen molar-refractivity contribution in [1.29, 1.82) is 0 Å². The van der Waals surface area contributed by atoms with E-state index in [0.717, 1.165) is 16.3 Å². The molecule has 5 aromatic rings. The van der Waals surface area contributed by atoms with Gasteiger partial charge in [-0.2, -0.15) is 0 Å². The molecular formula is C36H30FN3O7S. The van der Waals surface area contributed by atoms with Crippen LogP contribution in [0.15, 0.2) is 111 Å². The van der Waals surface area contributed by atoms with E-state index in [1.165, 1.54) is 38.4 Å². The van der Waals surface area contributed by atoms with Gasteiger partial charge in [0.1, 0.15) is 40.5 Å². The zero-order valence-electron chi connectivity index (χ0n) is 26.4. The van der Waals surface area contributed by atoms with Gasteiger partial charge < -0.3 is 23.6 Å². The van der Waals surface area contributed by atoms with Crippen LogP contribution in [0, 0.1) is 5.82 Å². The zero-order valence-corrected chi connectivity index (χ0v) is 27.2. The van der Waals surface area contributed by atoms with Gasteiger partial charge >= 0.3 is 0 Å². The van der Waals surface area contributed by atoms with E-state index in [1.807, 2.05) is 36.4 Å². The van der Waals surface area contributed by atoms with Crippen molar-refractivity contribution in [3.8, 4) is 28.2 Å². The minimum absolute atomic E-state index is 0.163. The quantitative estimate of drug-likeness (QED) is 0.197. The maximum atomic E-state index is 13.8. The highest BCUT2D eigenvalue weighted by Gasteiger charge is 2.37. The lowest BCUT2D eigenvalue weighted by Crippen LogP contribution is -2.25. The van der Waals surface area contributed by atoms with Gasteiger partial charge in [-0.15, -0.1) is 0 Å². The van der Waals surface area contributed by atoms with Crippen molar-refractivity contribution in [3.63, 3.8) is 0 Å². The second-order valence-electron chi connectivity index (χ2n) is 11.4. The van der Waals surface area contributed by atoms with Crippen molar-refractivity contribution in [2.75, 3.05) is 31.8 Å². The molecule has 0 fully saturated rings. The summed E-state index contributed by atoms with van der Waals surface area (Å²) in [6, 6.07) is 17.6. The first-order valence-electron chi connectivity index (χ1n) is 15.0. The zero-order chi connectivity index (χ0) is 33.7. The summed E-state index contributed by atoms with van der Waals surface area (Å²) >= 11 is 0. The molecule has 1 amide bonds. The summed E-state index contributed by atoms with van der Waals surface area (Å²) in [4.78, 5) is 18.2. The van der Waals surface area contributed by atoms with E-state index in [-0.39, 0.29) is 28.9 Å². The van der Waals surface area contributed by atoms with Gasteiger partial charge in [0.05, 0.1) is 42.4 Å². The summed E-state index contributed by atoms with van der Waals surface area (Å²) in [6.07, 6.45) is 8.50. The maximum absolute atomic E-state index is 13.8. The second kappa shape index (κ2) is 11.9. The average molecular weight is 668 g/mol. The molecule has 2 aliphatic rings. The Hall–Kier alpha value is -5.62. The van der Waals surface area contributed by atoms with Gasteiger partial charge in [-0.3, -0.25) is 9.10 Å². The topological polar surface area (TPSA) is 124 Å². The van der Waals surface area contributed by atoms with Crippen LogP contribution in [0.4, 0.5) is 10.1 Å². The minimum atomic E-state index is -3.74. The van der Waals surface area contributed by atoms with Crippen LogP contribution < -0.4 is 14.4 Å². The fourth-order valence-electron chi connectivity index (χ4n) is 6.01. The first-order chi connectivity index (χ1) is 23.1. The van der Waals surface area contributed by atoms with Crippen LogP contribution in [0.1, 0.15) is 27.6 Å². The molecule has 3 heterocycles. The van der Waals surface area contributed by atoms with Crippen molar-refractivity contribution >= 4 is 38.5 Å². The molecule has 2 unspecified atom stereocenters. The lowest BCUT2D eigenvalue weighted by molar-refractivity contribution is 0.0964. The van der Waals surface area contributed by atoms with Crippen LogP contribution in [0.3, 0.4) is 0 Å². The smallest absolute Gasteiger partial charge is 0.255 e. The molecule has 3 aromatic carbocycles. The number of ether oxygens (including phenoxy) is 2. The van der Waals surface area contributed by atoms with E-state index >= 15 is 0 Å². The number of nitrogens with one attached hydrogen (secondary N) is 1. The van der Waals surface area contributed by atoms with E-state index in [9.17, 15) is 17.6 Å². The Bertz CT molecular complexity index is 2270. The Morgan fingerprint density at radius 2 is 1.81 bits per heavy atom. The van der Waals surface area contributed by atoms with Crippen LogP contribution in [-0.2, 0) is 14.8 Å². The Morgan fingerprint density at radius 1 is 1.04 bits per heavy atom. The first kappa shape index (κ1) is 31.0. The summed E-state index contributed by atoms with van der Waals surface area (Å²) in [5, 5.41) is 3.09. The summed E-state index contributed by atoms with van der Waals surface area (Å²) in [5.41, 5.74) is 2.90. The number of rotatable bonds is 8. The SMILES string of the molecule is CNC(=O)c1c(-c2ccc(F)cc2)oc2cc(N(C)S(C)(=O)=O)c(-c3ccc(OC)c(C4=NC5C(=CC=CC5c5ccco5)O4)c3)cc12. The van der Waals surface area contributed by atoms with Crippen LogP contribution in [0.25, 0.3) is 33.4 Å². The molecule has 0 bridgehead atoms. The Kier molecular flexibility index (Phi) is 7.67.